The number of benzene rings is 3. The first kappa shape index (κ1) is 26.2. The van der Waals surface area contributed by atoms with Gasteiger partial charge in [0.05, 0.1) is 23.4 Å². The Bertz CT molecular complexity index is 1700. The van der Waals surface area contributed by atoms with Crippen LogP contribution in [-0.2, 0) is 5.41 Å². The molecule has 6 rings (SSSR count). The summed E-state index contributed by atoms with van der Waals surface area (Å²) < 4.78 is 2.44. The van der Waals surface area contributed by atoms with E-state index >= 15 is 0 Å². The molecule has 3 heterocycles. The number of aromatic nitrogens is 2. The molecule has 0 amide bonds. The predicted octanol–water partition coefficient (Wildman–Crippen LogP) is 8.74. The van der Waals surface area contributed by atoms with Crippen LogP contribution in [0.15, 0.2) is 104 Å². The molecule has 0 saturated heterocycles. The fourth-order valence-electron chi connectivity index (χ4n) is 7.48. The molecular weight excluding hydrogens is 488 g/mol. The average Bonchev–Trinajstić information content (AvgIpc) is 3.49. The van der Waals surface area contributed by atoms with E-state index in [2.05, 4.69) is 154 Å². The van der Waals surface area contributed by atoms with Crippen LogP contribution in [0, 0.1) is 10.8 Å². The highest BCUT2D eigenvalue weighted by atomic mass is 15.3. The van der Waals surface area contributed by atoms with Gasteiger partial charge >= 0.3 is 0 Å². The van der Waals surface area contributed by atoms with Gasteiger partial charge < -0.3 is 14.4 Å². The minimum Gasteiger partial charge on any atom is -0.361 e. The molecule has 204 valence electrons. The zero-order valence-electron chi connectivity index (χ0n) is 24.8. The van der Waals surface area contributed by atoms with Crippen molar-refractivity contribution in [3.63, 3.8) is 0 Å². The molecule has 4 heteroatoms. The summed E-state index contributed by atoms with van der Waals surface area (Å²) in [6.07, 6.45) is 6.21. The number of rotatable bonds is 4. The highest BCUT2D eigenvalue weighted by Crippen LogP contribution is 2.57. The highest BCUT2D eigenvalue weighted by Gasteiger charge is 2.54. The van der Waals surface area contributed by atoms with Crippen molar-refractivity contribution in [2.75, 3.05) is 18.6 Å². The van der Waals surface area contributed by atoms with Crippen LogP contribution < -0.4 is 4.90 Å². The largest absolute Gasteiger partial charge is 0.361 e. The van der Waals surface area contributed by atoms with E-state index in [1.165, 1.54) is 38.7 Å². The number of anilines is 1. The van der Waals surface area contributed by atoms with Crippen molar-refractivity contribution in [1.82, 2.24) is 14.5 Å². The molecule has 0 radical (unpaired) electrons. The van der Waals surface area contributed by atoms with Gasteiger partial charge in [0.15, 0.2) is 0 Å². The van der Waals surface area contributed by atoms with Crippen LogP contribution >= 0.6 is 0 Å². The number of hydrogen-bond donors (Lipinski definition) is 0. The van der Waals surface area contributed by atoms with Gasteiger partial charge in [-0.05, 0) is 58.9 Å². The molecule has 1 aliphatic heterocycles. The maximum atomic E-state index is 4.99. The first-order chi connectivity index (χ1) is 19.0. The topological polar surface area (TPSA) is 24.3 Å². The molecule has 40 heavy (non-hydrogen) atoms. The molecule has 0 spiro atoms. The van der Waals surface area contributed by atoms with E-state index in [1.807, 2.05) is 12.3 Å². The molecule has 2 aromatic heterocycles. The van der Waals surface area contributed by atoms with E-state index in [0.29, 0.717) is 0 Å². The third kappa shape index (κ3) is 3.92. The molecule has 0 atom stereocenters. The smallest absolute Gasteiger partial charge is 0.0938 e. The summed E-state index contributed by atoms with van der Waals surface area (Å²) in [7, 11) is 2.11. The Morgan fingerprint density at radius 2 is 1.38 bits per heavy atom. The molecule has 0 unspecified atom stereocenters. The number of pyridine rings is 1. The first-order valence-corrected chi connectivity index (χ1v) is 14.2. The predicted molar refractivity (Wildman–Crippen MR) is 169 cm³/mol. The number of hydrogen-bond acceptors (Lipinski definition) is 3. The molecule has 0 saturated carbocycles. The van der Waals surface area contributed by atoms with Crippen LogP contribution in [0.3, 0.4) is 0 Å². The molecule has 5 aromatic rings. The summed E-state index contributed by atoms with van der Waals surface area (Å²) in [5, 5.41) is 2.54. The minimum absolute atomic E-state index is 0.0969. The van der Waals surface area contributed by atoms with Crippen LogP contribution in [0.1, 0.15) is 52.8 Å². The monoisotopic (exact) mass is 528 g/mol. The summed E-state index contributed by atoms with van der Waals surface area (Å²) in [5.41, 5.74) is 6.68. The van der Waals surface area contributed by atoms with Gasteiger partial charge in [-0.3, -0.25) is 4.98 Å². The minimum atomic E-state index is -0.327. The summed E-state index contributed by atoms with van der Waals surface area (Å²) in [6, 6.07) is 31.1. The van der Waals surface area contributed by atoms with Crippen molar-refractivity contribution < 1.29 is 0 Å². The number of fused-ring (bicyclic) bond motifs is 3. The molecule has 1 aliphatic rings. The number of nitrogens with zero attached hydrogens (tertiary/aromatic N) is 4. The molecule has 0 fully saturated rings. The van der Waals surface area contributed by atoms with Crippen LogP contribution in [-0.4, -0.2) is 28.2 Å². The Hall–Kier alpha value is -4.05. The SMILES string of the molecule is CN1C=CN(c2ccc3c4ccccc4n(-c4cccc(C(c5ccccn5)(C(C)(C)C)C(C)(C)C)c4)c3c2)C1. The lowest BCUT2D eigenvalue weighted by molar-refractivity contribution is 0.0865. The van der Waals surface area contributed by atoms with Crippen molar-refractivity contribution in [3.05, 3.63) is 115 Å². The molecule has 0 bridgehead atoms. The van der Waals surface area contributed by atoms with Crippen molar-refractivity contribution in [3.8, 4) is 5.69 Å². The average molecular weight is 529 g/mol. The summed E-state index contributed by atoms with van der Waals surface area (Å²) in [6.45, 7) is 15.0. The van der Waals surface area contributed by atoms with Gasteiger partial charge in [0.25, 0.3) is 0 Å². The fraction of sp³-hybridized carbons (Fsp3) is 0.306. The third-order valence-corrected chi connectivity index (χ3v) is 8.70. The molecule has 0 N–H and O–H groups in total. The Kier molecular flexibility index (Phi) is 6.06. The van der Waals surface area contributed by atoms with Gasteiger partial charge in [-0.25, -0.2) is 0 Å². The van der Waals surface area contributed by atoms with Gasteiger partial charge in [-0.2, -0.15) is 0 Å². The van der Waals surface area contributed by atoms with Gasteiger partial charge in [-0.15, -0.1) is 0 Å². The Balaban J connectivity index is 1.63. The van der Waals surface area contributed by atoms with E-state index < -0.39 is 0 Å². The van der Waals surface area contributed by atoms with Crippen LogP contribution in [0.4, 0.5) is 5.69 Å². The maximum absolute atomic E-state index is 4.99. The lowest BCUT2D eigenvalue weighted by atomic mass is 9.49. The normalized spacial score (nSPS) is 14.6. The van der Waals surface area contributed by atoms with Crippen LogP contribution in [0.5, 0.6) is 0 Å². The molecule has 4 nitrogen and oxygen atoms in total. The summed E-state index contributed by atoms with van der Waals surface area (Å²) >= 11 is 0. The van der Waals surface area contributed by atoms with E-state index in [4.69, 9.17) is 4.98 Å². The van der Waals surface area contributed by atoms with Crippen molar-refractivity contribution in [1.29, 1.82) is 0 Å². The van der Waals surface area contributed by atoms with Crippen LogP contribution in [0.2, 0.25) is 0 Å². The van der Waals surface area contributed by atoms with E-state index in [0.717, 1.165) is 12.4 Å². The van der Waals surface area contributed by atoms with Gasteiger partial charge in [0, 0.05) is 53.2 Å². The lowest BCUT2D eigenvalue weighted by Crippen LogP contribution is -2.51. The van der Waals surface area contributed by atoms with Gasteiger partial charge in [0.1, 0.15) is 0 Å². The summed E-state index contributed by atoms with van der Waals surface area (Å²) in [4.78, 5) is 9.48. The standard InChI is InChI=1S/C36H40N4/c1-34(2,3)36(35(4,5)6,33-17-10-11-20-37-33)26-13-12-14-28(23-26)40-31-16-9-8-15-29(31)30-19-18-27(24-32(30)40)39-22-21-38(7)25-39/h8-24H,25H2,1-7H3. The summed E-state index contributed by atoms with van der Waals surface area (Å²) in [5.74, 6) is 0. The van der Waals surface area contributed by atoms with Crippen LogP contribution in [0.25, 0.3) is 27.5 Å². The third-order valence-electron chi connectivity index (χ3n) is 8.70. The molecule has 0 aliphatic carbocycles. The zero-order chi connectivity index (χ0) is 28.3. The first-order valence-electron chi connectivity index (χ1n) is 14.2. The van der Waals surface area contributed by atoms with Crippen molar-refractivity contribution in [2.24, 2.45) is 10.8 Å². The van der Waals surface area contributed by atoms with E-state index in [-0.39, 0.29) is 16.2 Å². The van der Waals surface area contributed by atoms with E-state index in [9.17, 15) is 0 Å². The zero-order valence-corrected chi connectivity index (χ0v) is 24.8. The quantitative estimate of drug-likeness (QED) is 0.233. The second kappa shape index (κ2) is 9.26. The van der Waals surface area contributed by atoms with Gasteiger partial charge in [-0.1, -0.05) is 84.0 Å². The van der Waals surface area contributed by atoms with Crippen molar-refractivity contribution in [2.45, 2.75) is 47.0 Å². The second-order valence-electron chi connectivity index (χ2n) is 13.2. The Morgan fingerprint density at radius 3 is 2.05 bits per heavy atom. The lowest BCUT2D eigenvalue weighted by Gasteiger charge is -2.54. The molecule has 3 aromatic carbocycles. The fourth-order valence-corrected chi connectivity index (χ4v) is 7.48. The Morgan fingerprint density at radius 1 is 0.650 bits per heavy atom. The van der Waals surface area contributed by atoms with Gasteiger partial charge in [0.2, 0.25) is 0 Å². The highest BCUT2D eigenvalue weighted by molar-refractivity contribution is 6.10. The van der Waals surface area contributed by atoms with E-state index in [1.54, 1.807) is 0 Å². The number of para-hydroxylation sites is 1. The maximum Gasteiger partial charge on any atom is 0.0938 e. The molecular formula is C36H40N4. The second-order valence-corrected chi connectivity index (χ2v) is 13.2. The Labute approximate surface area is 238 Å². The van der Waals surface area contributed by atoms with Crippen molar-refractivity contribution >= 4 is 27.5 Å².